The largest absolute Gasteiger partial charge is 0.370 e. The van der Waals surface area contributed by atoms with Crippen LogP contribution in [-0.4, -0.2) is 21.8 Å². The number of aromatic nitrogens is 3. The van der Waals surface area contributed by atoms with Crippen LogP contribution >= 0.6 is 0 Å². The van der Waals surface area contributed by atoms with Gasteiger partial charge >= 0.3 is 0 Å². The molecule has 0 aliphatic carbocycles. The van der Waals surface area contributed by atoms with Crippen molar-refractivity contribution in [3.8, 4) is 17.7 Å². The molecule has 2 aromatic heterocycles. The molecule has 0 radical (unpaired) electrons. The summed E-state index contributed by atoms with van der Waals surface area (Å²) in [6, 6.07) is 3.80. The topological polar surface area (TPSA) is 76.9 Å². The van der Waals surface area contributed by atoms with Gasteiger partial charge < -0.3 is 13.8 Å². The van der Waals surface area contributed by atoms with Gasteiger partial charge in [0.2, 0.25) is 5.82 Å². The summed E-state index contributed by atoms with van der Waals surface area (Å²) in [5.74, 6) is 0.892. The fourth-order valence-electron chi connectivity index (χ4n) is 1.77. The quantitative estimate of drug-likeness (QED) is 0.842. The highest BCUT2D eigenvalue weighted by atomic mass is 16.5. The Morgan fingerprint density at radius 2 is 2.32 bits per heavy atom. The third-order valence-corrected chi connectivity index (χ3v) is 3.38. The molecule has 2 heterocycles. The molecule has 19 heavy (non-hydrogen) atoms. The van der Waals surface area contributed by atoms with Gasteiger partial charge in [-0.05, 0) is 19.4 Å². The molecule has 2 aromatic rings. The first-order valence-corrected chi connectivity index (χ1v) is 6.00. The lowest BCUT2D eigenvalue weighted by molar-refractivity contribution is -0.0106. The zero-order valence-corrected chi connectivity index (χ0v) is 11.5. The number of hydrogen-bond acceptors (Lipinski definition) is 5. The second-order valence-electron chi connectivity index (χ2n) is 4.55. The van der Waals surface area contributed by atoms with Crippen LogP contribution < -0.4 is 0 Å². The fourth-order valence-corrected chi connectivity index (χ4v) is 1.77. The van der Waals surface area contributed by atoms with Crippen LogP contribution in [0.4, 0.5) is 0 Å². The molecule has 0 aliphatic heterocycles. The maximum atomic E-state index is 8.88. The van der Waals surface area contributed by atoms with E-state index in [0.29, 0.717) is 23.0 Å². The Morgan fingerprint density at radius 3 is 2.84 bits per heavy atom. The molecule has 1 unspecified atom stereocenters. The monoisotopic (exact) mass is 260 g/mol. The van der Waals surface area contributed by atoms with E-state index in [4.69, 9.17) is 14.5 Å². The molecule has 100 valence electrons. The van der Waals surface area contributed by atoms with E-state index in [1.807, 2.05) is 20.9 Å². The lowest BCUT2D eigenvalue weighted by Crippen LogP contribution is -2.24. The van der Waals surface area contributed by atoms with Gasteiger partial charge in [-0.3, -0.25) is 0 Å². The lowest BCUT2D eigenvalue weighted by Gasteiger charge is -2.21. The molecule has 6 nitrogen and oxygen atoms in total. The molecular weight excluding hydrogens is 244 g/mol. The summed E-state index contributed by atoms with van der Waals surface area (Å²) in [6.07, 6.45) is 2.45. The Hall–Kier alpha value is -2.13. The minimum absolute atomic E-state index is 0.385. The van der Waals surface area contributed by atoms with E-state index in [9.17, 15) is 0 Å². The highest BCUT2D eigenvalue weighted by Gasteiger charge is 2.30. The summed E-state index contributed by atoms with van der Waals surface area (Å²) in [5, 5.41) is 12.9. The molecule has 0 bridgehead atoms. The number of rotatable bonds is 4. The molecule has 0 saturated heterocycles. The van der Waals surface area contributed by atoms with E-state index < -0.39 is 5.60 Å². The average molecular weight is 260 g/mol. The average Bonchev–Trinajstić information content (AvgIpc) is 3.04. The number of nitriles is 1. The molecule has 0 amide bonds. The number of methoxy groups -OCH3 is 1. The number of hydrogen-bond donors (Lipinski definition) is 0. The van der Waals surface area contributed by atoms with Crippen LogP contribution in [0, 0.1) is 11.3 Å². The van der Waals surface area contributed by atoms with Gasteiger partial charge in [0.25, 0.3) is 5.89 Å². The fraction of sp³-hybridized carbons (Fsp3) is 0.462. The Labute approximate surface area is 111 Å². The van der Waals surface area contributed by atoms with Crippen molar-refractivity contribution >= 4 is 0 Å². The first-order valence-electron chi connectivity index (χ1n) is 6.00. The first kappa shape index (κ1) is 13.3. The molecule has 0 aromatic carbocycles. The van der Waals surface area contributed by atoms with Gasteiger partial charge in [0.1, 0.15) is 17.4 Å². The molecule has 0 aliphatic rings. The van der Waals surface area contributed by atoms with E-state index in [2.05, 4.69) is 16.2 Å². The number of nitrogens with zero attached hydrogens (tertiary/aromatic N) is 4. The second kappa shape index (κ2) is 4.86. The molecular formula is C13H16N4O2. The maximum Gasteiger partial charge on any atom is 0.274 e. The maximum absolute atomic E-state index is 8.88. The van der Waals surface area contributed by atoms with Gasteiger partial charge in [0.15, 0.2) is 0 Å². The van der Waals surface area contributed by atoms with Crippen LogP contribution in [0.3, 0.4) is 0 Å². The molecule has 1 atom stereocenters. The Kier molecular flexibility index (Phi) is 3.40. The van der Waals surface area contributed by atoms with Crippen LogP contribution in [-0.2, 0) is 17.4 Å². The normalized spacial score (nSPS) is 14.1. The molecule has 0 fully saturated rings. The van der Waals surface area contributed by atoms with Crippen molar-refractivity contribution in [3.05, 3.63) is 23.7 Å². The minimum Gasteiger partial charge on any atom is -0.370 e. The first-order chi connectivity index (χ1) is 9.04. The zero-order valence-electron chi connectivity index (χ0n) is 11.5. The molecule has 0 saturated carbocycles. The van der Waals surface area contributed by atoms with E-state index >= 15 is 0 Å². The summed E-state index contributed by atoms with van der Waals surface area (Å²) >= 11 is 0. The minimum atomic E-state index is -0.565. The Balaban J connectivity index is 2.41. The van der Waals surface area contributed by atoms with Crippen LogP contribution in [0.5, 0.6) is 0 Å². The summed E-state index contributed by atoms with van der Waals surface area (Å²) in [7, 11) is 3.45. The Morgan fingerprint density at radius 1 is 1.58 bits per heavy atom. The van der Waals surface area contributed by atoms with Crippen molar-refractivity contribution in [1.82, 2.24) is 14.7 Å². The third kappa shape index (κ3) is 2.25. The number of ether oxygens (including phenoxy) is 1. The van der Waals surface area contributed by atoms with Crippen LogP contribution in [0.15, 0.2) is 16.8 Å². The van der Waals surface area contributed by atoms with Gasteiger partial charge in [-0.15, -0.1) is 0 Å². The third-order valence-electron chi connectivity index (χ3n) is 3.38. The van der Waals surface area contributed by atoms with Gasteiger partial charge in [-0.2, -0.15) is 10.2 Å². The molecule has 6 heteroatoms. The smallest absolute Gasteiger partial charge is 0.274 e. The molecule has 2 rings (SSSR count). The van der Waals surface area contributed by atoms with Crippen molar-refractivity contribution < 1.29 is 9.26 Å². The highest BCUT2D eigenvalue weighted by Crippen LogP contribution is 2.28. The zero-order chi connectivity index (χ0) is 14.0. The van der Waals surface area contributed by atoms with Crippen molar-refractivity contribution in [1.29, 1.82) is 5.26 Å². The van der Waals surface area contributed by atoms with E-state index in [1.165, 1.54) is 0 Å². The van der Waals surface area contributed by atoms with Crippen LogP contribution in [0.25, 0.3) is 11.6 Å². The van der Waals surface area contributed by atoms with Crippen molar-refractivity contribution in [3.63, 3.8) is 0 Å². The molecule has 0 spiro atoms. The van der Waals surface area contributed by atoms with Crippen LogP contribution in [0.1, 0.15) is 31.7 Å². The lowest BCUT2D eigenvalue weighted by atomic mass is 10.0. The van der Waals surface area contributed by atoms with Crippen molar-refractivity contribution in [2.75, 3.05) is 7.11 Å². The SMILES string of the molecule is CCC(C)(OC)c1noc(-c2cc(C#N)cn2C)n1. The summed E-state index contributed by atoms with van der Waals surface area (Å²) < 4.78 is 12.5. The van der Waals surface area contributed by atoms with Gasteiger partial charge in [0, 0.05) is 20.4 Å². The highest BCUT2D eigenvalue weighted by molar-refractivity contribution is 5.52. The van der Waals surface area contributed by atoms with Crippen molar-refractivity contribution in [2.45, 2.75) is 25.9 Å². The second-order valence-corrected chi connectivity index (χ2v) is 4.55. The van der Waals surface area contributed by atoms with E-state index in [1.54, 1.807) is 23.9 Å². The van der Waals surface area contributed by atoms with E-state index in [-0.39, 0.29) is 0 Å². The summed E-state index contributed by atoms with van der Waals surface area (Å²) in [5.41, 5.74) is 0.706. The number of aryl methyl sites for hydroxylation is 1. The van der Waals surface area contributed by atoms with Gasteiger partial charge in [-0.25, -0.2) is 0 Å². The standard InChI is InChI=1S/C13H16N4O2/c1-5-13(2,18-4)12-15-11(19-16-12)10-6-9(7-14)8-17(10)3/h6,8H,5H2,1-4H3. The predicted molar refractivity (Wildman–Crippen MR) is 68.1 cm³/mol. The summed E-state index contributed by atoms with van der Waals surface area (Å²) in [6.45, 7) is 3.91. The van der Waals surface area contributed by atoms with Crippen LogP contribution in [0.2, 0.25) is 0 Å². The van der Waals surface area contributed by atoms with Gasteiger partial charge in [0.05, 0.1) is 5.56 Å². The van der Waals surface area contributed by atoms with E-state index in [0.717, 1.165) is 6.42 Å². The Bertz CT molecular complexity index is 617. The molecule has 0 N–H and O–H groups in total. The summed E-state index contributed by atoms with van der Waals surface area (Å²) in [4.78, 5) is 4.37. The predicted octanol–water partition coefficient (Wildman–Crippen LogP) is 2.22. The van der Waals surface area contributed by atoms with Gasteiger partial charge in [-0.1, -0.05) is 12.1 Å². The van der Waals surface area contributed by atoms with Crippen molar-refractivity contribution in [2.24, 2.45) is 7.05 Å².